The Hall–Kier alpha value is -0.900. The molecule has 1 aromatic rings. The third-order valence-corrected chi connectivity index (χ3v) is 2.94. The van der Waals surface area contributed by atoms with Gasteiger partial charge in [-0.15, -0.1) is 0 Å². The summed E-state index contributed by atoms with van der Waals surface area (Å²) in [6.45, 7) is 6.04. The van der Waals surface area contributed by atoms with Crippen LogP contribution in [0.25, 0.3) is 0 Å². The molecular weight excluding hydrogens is 202 g/mol. The average molecular weight is 221 g/mol. The van der Waals surface area contributed by atoms with Gasteiger partial charge in [-0.05, 0) is 18.1 Å². The SMILES string of the molecule is CC1CN(Cc2ccc(CO)cc2)CCO1. The smallest absolute Gasteiger partial charge is 0.0681 e. The molecule has 3 heteroatoms. The minimum Gasteiger partial charge on any atom is -0.392 e. The highest BCUT2D eigenvalue weighted by atomic mass is 16.5. The molecule has 2 rings (SSSR count). The van der Waals surface area contributed by atoms with Gasteiger partial charge in [0.1, 0.15) is 0 Å². The maximum Gasteiger partial charge on any atom is 0.0681 e. The van der Waals surface area contributed by atoms with Crippen molar-refractivity contribution in [3.05, 3.63) is 35.4 Å². The lowest BCUT2D eigenvalue weighted by Gasteiger charge is -2.31. The second kappa shape index (κ2) is 5.43. The summed E-state index contributed by atoms with van der Waals surface area (Å²) in [5.41, 5.74) is 2.27. The zero-order valence-electron chi connectivity index (χ0n) is 9.72. The first-order valence-electron chi connectivity index (χ1n) is 5.80. The van der Waals surface area contributed by atoms with Crippen molar-refractivity contribution in [2.75, 3.05) is 19.7 Å². The third kappa shape index (κ3) is 3.04. The van der Waals surface area contributed by atoms with Crippen LogP contribution < -0.4 is 0 Å². The van der Waals surface area contributed by atoms with Crippen molar-refractivity contribution < 1.29 is 9.84 Å². The number of morpholine rings is 1. The fourth-order valence-corrected chi connectivity index (χ4v) is 2.04. The molecule has 1 atom stereocenters. The van der Waals surface area contributed by atoms with Crippen LogP contribution in [0.2, 0.25) is 0 Å². The molecule has 1 aromatic carbocycles. The van der Waals surface area contributed by atoms with Gasteiger partial charge in [-0.1, -0.05) is 24.3 Å². The monoisotopic (exact) mass is 221 g/mol. The number of benzene rings is 1. The molecule has 1 saturated heterocycles. The number of ether oxygens (including phenoxy) is 1. The van der Waals surface area contributed by atoms with Crippen LogP contribution in [0.3, 0.4) is 0 Å². The Labute approximate surface area is 96.6 Å². The van der Waals surface area contributed by atoms with Crippen LogP contribution in [0.4, 0.5) is 0 Å². The van der Waals surface area contributed by atoms with Crippen LogP contribution >= 0.6 is 0 Å². The Kier molecular flexibility index (Phi) is 3.93. The van der Waals surface area contributed by atoms with E-state index in [1.54, 1.807) is 0 Å². The fourth-order valence-electron chi connectivity index (χ4n) is 2.04. The van der Waals surface area contributed by atoms with E-state index in [1.807, 2.05) is 12.1 Å². The minimum atomic E-state index is 0.120. The normalized spacial score (nSPS) is 22.2. The first-order valence-corrected chi connectivity index (χ1v) is 5.80. The van der Waals surface area contributed by atoms with Crippen LogP contribution in [0.1, 0.15) is 18.1 Å². The van der Waals surface area contributed by atoms with Gasteiger partial charge in [0.15, 0.2) is 0 Å². The quantitative estimate of drug-likeness (QED) is 0.837. The summed E-state index contributed by atoms with van der Waals surface area (Å²) in [5.74, 6) is 0. The molecule has 0 spiro atoms. The summed E-state index contributed by atoms with van der Waals surface area (Å²) >= 11 is 0. The van der Waals surface area contributed by atoms with E-state index in [1.165, 1.54) is 5.56 Å². The Balaban J connectivity index is 1.92. The Bertz CT molecular complexity index is 323. The van der Waals surface area contributed by atoms with Crippen LogP contribution in [0.15, 0.2) is 24.3 Å². The van der Waals surface area contributed by atoms with Gasteiger partial charge in [0.05, 0.1) is 19.3 Å². The van der Waals surface area contributed by atoms with E-state index in [4.69, 9.17) is 9.84 Å². The summed E-state index contributed by atoms with van der Waals surface area (Å²) in [4.78, 5) is 2.40. The molecule has 0 amide bonds. The third-order valence-electron chi connectivity index (χ3n) is 2.94. The standard InChI is InChI=1S/C13H19NO2/c1-11-8-14(6-7-16-11)9-12-2-4-13(10-15)5-3-12/h2-5,11,15H,6-10H2,1H3. The van der Waals surface area contributed by atoms with Crippen molar-refractivity contribution in [2.45, 2.75) is 26.2 Å². The van der Waals surface area contributed by atoms with E-state index < -0.39 is 0 Å². The van der Waals surface area contributed by atoms with Gasteiger partial charge in [0, 0.05) is 19.6 Å². The van der Waals surface area contributed by atoms with Gasteiger partial charge < -0.3 is 9.84 Å². The van der Waals surface area contributed by atoms with E-state index in [-0.39, 0.29) is 6.61 Å². The highest BCUT2D eigenvalue weighted by molar-refractivity contribution is 5.21. The van der Waals surface area contributed by atoms with Crippen LogP contribution in [-0.2, 0) is 17.9 Å². The van der Waals surface area contributed by atoms with Gasteiger partial charge in [0.25, 0.3) is 0 Å². The fraction of sp³-hybridized carbons (Fsp3) is 0.538. The average Bonchev–Trinajstić information content (AvgIpc) is 2.30. The van der Waals surface area contributed by atoms with E-state index >= 15 is 0 Å². The van der Waals surface area contributed by atoms with Crippen molar-refractivity contribution in [3.63, 3.8) is 0 Å². The lowest BCUT2D eigenvalue weighted by molar-refractivity contribution is -0.0212. The molecule has 3 nitrogen and oxygen atoms in total. The molecule has 0 aliphatic carbocycles. The van der Waals surface area contributed by atoms with E-state index in [0.29, 0.717) is 6.10 Å². The van der Waals surface area contributed by atoms with Crippen LogP contribution in [-0.4, -0.2) is 35.8 Å². The molecule has 1 heterocycles. The van der Waals surface area contributed by atoms with Gasteiger partial charge in [-0.3, -0.25) is 4.90 Å². The molecule has 0 radical (unpaired) electrons. The van der Waals surface area contributed by atoms with Crippen molar-refractivity contribution in [1.29, 1.82) is 0 Å². The van der Waals surface area contributed by atoms with Gasteiger partial charge >= 0.3 is 0 Å². The molecule has 88 valence electrons. The number of rotatable bonds is 3. The first kappa shape index (κ1) is 11.6. The van der Waals surface area contributed by atoms with Gasteiger partial charge in [-0.25, -0.2) is 0 Å². The number of nitrogens with zero attached hydrogens (tertiary/aromatic N) is 1. The maximum atomic E-state index is 8.96. The second-order valence-corrected chi connectivity index (χ2v) is 4.39. The topological polar surface area (TPSA) is 32.7 Å². The molecule has 1 unspecified atom stereocenters. The van der Waals surface area contributed by atoms with Crippen LogP contribution in [0.5, 0.6) is 0 Å². The molecule has 0 bridgehead atoms. The van der Waals surface area contributed by atoms with E-state index in [9.17, 15) is 0 Å². The van der Waals surface area contributed by atoms with Gasteiger partial charge in [0.2, 0.25) is 0 Å². The zero-order valence-corrected chi connectivity index (χ0v) is 9.72. The molecule has 16 heavy (non-hydrogen) atoms. The Morgan fingerprint density at radius 2 is 2.00 bits per heavy atom. The predicted octanol–water partition coefficient (Wildman–Crippen LogP) is 1.40. The summed E-state index contributed by atoms with van der Waals surface area (Å²) in [6, 6.07) is 8.15. The summed E-state index contributed by atoms with van der Waals surface area (Å²) in [7, 11) is 0. The number of aliphatic hydroxyl groups is 1. The first-order chi connectivity index (χ1) is 7.78. The summed E-state index contributed by atoms with van der Waals surface area (Å²) < 4.78 is 5.51. The maximum absolute atomic E-state index is 8.96. The van der Waals surface area contributed by atoms with Gasteiger partial charge in [-0.2, -0.15) is 0 Å². The second-order valence-electron chi connectivity index (χ2n) is 4.39. The van der Waals surface area contributed by atoms with E-state index in [2.05, 4.69) is 24.0 Å². The highest BCUT2D eigenvalue weighted by Gasteiger charge is 2.16. The largest absolute Gasteiger partial charge is 0.392 e. The minimum absolute atomic E-state index is 0.120. The Morgan fingerprint density at radius 3 is 2.62 bits per heavy atom. The molecule has 0 aromatic heterocycles. The molecule has 1 aliphatic heterocycles. The van der Waals surface area contributed by atoms with Crippen LogP contribution in [0, 0.1) is 0 Å². The summed E-state index contributed by atoms with van der Waals surface area (Å²) in [5, 5.41) is 8.96. The lowest BCUT2D eigenvalue weighted by atomic mass is 10.1. The number of aliphatic hydroxyl groups excluding tert-OH is 1. The van der Waals surface area contributed by atoms with E-state index in [0.717, 1.165) is 31.8 Å². The van der Waals surface area contributed by atoms with Crippen molar-refractivity contribution in [2.24, 2.45) is 0 Å². The molecule has 1 aliphatic rings. The molecule has 0 saturated carbocycles. The highest BCUT2D eigenvalue weighted by Crippen LogP contribution is 2.11. The van der Waals surface area contributed by atoms with Crippen molar-refractivity contribution in [1.82, 2.24) is 4.90 Å². The lowest BCUT2D eigenvalue weighted by Crippen LogP contribution is -2.40. The zero-order chi connectivity index (χ0) is 11.4. The summed E-state index contributed by atoms with van der Waals surface area (Å²) in [6.07, 6.45) is 0.338. The van der Waals surface area contributed by atoms with Crippen molar-refractivity contribution in [3.8, 4) is 0 Å². The number of hydrogen-bond acceptors (Lipinski definition) is 3. The molecular formula is C13H19NO2. The molecule has 1 N–H and O–H groups in total. The predicted molar refractivity (Wildman–Crippen MR) is 63.1 cm³/mol. The molecule has 1 fully saturated rings. The number of hydrogen-bond donors (Lipinski definition) is 1. The van der Waals surface area contributed by atoms with Crippen molar-refractivity contribution >= 4 is 0 Å². The Morgan fingerprint density at radius 1 is 1.31 bits per heavy atom.